The molecule has 0 aliphatic carbocycles. The zero-order valence-electron chi connectivity index (χ0n) is 11.5. The first kappa shape index (κ1) is 12.7. The van der Waals surface area contributed by atoms with Crippen molar-refractivity contribution in [2.24, 2.45) is 0 Å². The van der Waals surface area contributed by atoms with Crippen molar-refractivity contribution in [2.45, 2.75) is 7.33 Å². The molecule has 0 aliphatic heterocycles. The Bertz CT molecular complexity index is 591. The molecule has 2 aromatic rings. The molecule has 100 valence electrons. The first-order valence-electron chi connectivity index (χ1n) is 6.32. The highest BCUT2D eigenvalue weighted by molar-refractivity contribution is 8.05. The molecule has 0 aliphatic rings. The Labute approximate surface area is 139 Å². The molecule has 0 amide bonds. The molecule has 0 nitrogen and oxygen atoms in total. The average molecular weight is 354 g/mol. The molecule has 0 atom stereocenters. The number of hydrogen-bond donors (Lipinski definition) is 0. The Morgan fingerprint density at radius 2 is 1.16 bits per heavy atom. The van der Waals surface area contributed by atoms with Crippen LogP contribution in [0.15, 0.2) is 60.6 Å². The first-order chi connectivity index (χ1) is 9.74. The number of benzene rings is 2. The Morgan fingerprint density at radius 1 is 0.737 bits per heavy atom. The molecule has 0 saturated heterocycles. The fraction of sp³-hybridized carbons (Fsp3) is 0.143. The minimum atomic E-state index is -1.51. The molecule has 2 rings (SSSR count). The van der Waals surface area contributed by atoms with E-state index in [-0.39, 0.29) is 12.1 Å². The van der Waals surface area contributed by atoms with Gasteiger partial charge in [0, 0.05) is 0 Å². The van der Waals surface area contributed by atoms with Crippen molar-refractivity contribution in [1.29, 1.82) is 0 Å². The third kappa shape index (κ3) is 3.96. The van der Waals surface area contributed by atoms with Crippen LogP contribution in [-0.2, 0) is 7.33 Å². The van der Waals surface area contributed by atoms with Gasteiger partial charge in [-0.3, -0.25) is 0 Å². The van der Waals surface area contributed by atoms with E-state index in [1.807, 2.05) is 0 Å². The summed E-state index contributed by atoms with van der Waals surface area (Å²) in [5, 5.41) is 0. The summed E-state index contributed by atoms with van der Waals surface area (Å²) >= 11 is 26.2. The predicted octanol–water partition coefficient (Wildman–Crippen LogP) is 6.30. The second-order valence-electron chi connectivity index (χ2n) is 3.69. The molecule has 0 aromatic heterocycles. The highest BCUT2D eigenvalue weighted by Gasteiger charge is 2.39. The maximum absolute atomic E-state index is 7.88. The van der Waals surface area contributed by atoms with Crippen molar-refractivity contribution in [2.75, 3.05) is 0 Å². The summed E-state index contributed by atoms with van der Waals surface area (Å²) in [6, 6.07) is 13.7. The molecular weight excluding hydrogens is 342 g/mol. The van der Waals surface area contributed by atoms with Crippen LogP contribution in [0.1, 0.15) is 13.9 Å². The molecule has 0 spiro atoms. The van der Waals surface area contributed by atoms with E-state index < -0.39 is 7.33 Å². The number of thioether (sulfide) groups is 1. The number of hydrogen-bond acceptors (Lipinski definition) is 1. The van der Waals surface area contributed by atoms with Crippen LogP contribution in [0, 0.1) is 0 Å². The van der Waals surface area contributed by atoms with Crippen LogP contribution in [0.4, 0.5) is 0 Å². The Balaban J connectivity index is 2.36. The van der Waals surface area contributed by atoms with Gasteiger partial charge >= 0.3 is 0 Å². The molecule has 0 unspecified atom stereocenters. The lowest BCUT2D eigenvalue weighted by Gasteiger charge is -2.28. The van der Waals surface area contributed by atoms with Crippen LogP contribution in [0.2, 0.25) is 0 Å². The van der Waals surface area contributed by atoms with E-state index in [9.17, 15) is 0 Å². The molecule has 0 fully saturated rings. The van der Waals surface area contributed by atoms with E-state index in [0.29, 0.717) is 11.1 Å². The Morgan fingerprint density at radius 3 is 1.53 bits per heavy atom. The summed E-state index contributed by atoms with van der Waals surface area (Å²) in [6.07, 6.45) is 0. The zero-order valence-corrected chi connectivity index (χ0v) is 13.4. The summed E-state index contributed by atoms with van der Waals surface area (Å²) in [7, 11) is 0. The fourth-order valence-corrected chi connectivity index (χ4v) is 4.55. The van der Waals surface area contributed by atoms with Crippen LogP contribution < -0.4 is 0 Å². The van der Waals surface area contributed by atoms with E-state index in [0.717, 1.165) is 11.8 Å². The zero-order chi connectivity index (χ0) is 15.7. The molecule has 5 heteroatoms. The van der Waals surface area contributed by atoms with Gasteiger partial charge in [0.05, 0.1) is 2.74 Å². The number of alkyl halides is 4. The van der Waals surface area contributed by atoms with Crippen molar-refractivity contribution in [3.8, 4) is 0 Å². The van der Waals surface area contributed by atoms with Gasteiger partial charge in [-0.1, -0.05) is 119 Å². The van der Waals surface area contributed by atoms with Crippen LogP contribution in [-0.4, -0.2) is 0 Å². The van der Waals surface area contributed by atoms with Gasteiger partial charge in [0.15, 0.2) is 7.33 Å². The quantitative estimate of drug-likeness (QED) is 0.581. The standard InChI is InChI=1S/C14H10Cl4S/c15-13(16,11-7-3-1-4-8-11)19-14(17,18)12-9-5-2-6-10-12/h1-10H/i7D,9D. The molecular formula is C14H10Cl4S. The minimum absolute atomic E-state index is 0.193. The molecule has 0 heterocycles. The lowest BCUT2D eigenvalue weighted by atomic mass is 10.2. The summed E-state index contributed by atoms with van der Waals surface area (Å²) in [5.74, 6) is 0. The van der Waals surface area contributed by atoms with Crippen molar-refractivity contribution in [1.82, 2.24) is 0 Å². The van der Waals surface area contributed by atoms with Gasteiger partial charge < -0.3 is 0 Å². The van der Waals surface area contributed by atoms with E-state index in [4.69, 9.17) is 49.1 Å². The molecule has 19 heavy (non-hydrogen) atoms. The number of rotatable bonds is 4. The summed E-state index contributed by atoms with van der Waals surface area (Å²) in [5.41, 5.74) is 0.790. The maximum atomic E-state index is 7.88. The van der Waals surface area contributed by atoms with Gasteiger partial charge in [-0.05, 0) is 11.1 Å². The summed E-state index contributed by atoms with van der Waals surface area (Å²) in [6.45, 7) is 0. The second-order valence-corrected chi connectivity index (χ2v) is 8.67. The van der Waals surface area contributed by atoms with Crippen LogP contribution in [0.3, 0.4) is 0 Å². The van der Waals surface area contributed by atoms with Crippen LogP contribution >= 0.6 is 58.2 Å². The summed E-state index contributed by atoms with van der Waals surface area (Å²) < 4.78 is 12.7. The normalized spacial score (nSPS) is 13.9. The lowest BCUT2D eigenvalue weighted by molar-refractivity contribution is 1.19. The SMILES string of the molecule is [2H]c1ccccc1C(Cl)(Cl)SC(Cl)(Cl)c1ccccc1[2H]. The smallest absolute Gasteiger partial charge is 0.0839 e. The van der Waals surface area contributed by atoms with Gasteiger partial charge in [0.2, 0.25) is 0 Å². The maximum Gasteiger partial charge on any atom is 0.191 e. The van der Waals surface area contributed by atoms with Gasteiger partial charge in [-0.25, -0.2) is 0 Å². The summed E-state index contributed by atoms with van der Waals surface area (Å²) in [4.78, 5) is 0. The predicted molar refractivity (Wildman–Crippen MR) is 87.2 cm³/mol. The highest BCUT2D eigenvalue weighted by Crippen LogP contribution is 2.58. The molecule has 0 saturated carbocycles. The van der Waals surface area contributed by atoms with E-state index in [1.54, 1.807) is 48.5 Å². The third-order valence-electron chi connectivity index (χ3n) is 2.30. The lowest BCUT2D eigenvalue weighted by Crippen LogP contribution is -2.15. The second kappa shape index (κ2) is 6.15. The Hall–Kier alpha value is -0.0500. The van der Waals surface area contributed by atoms with E-state index in [2.05, 4.69) is 0 Å². The molecule has 0 radical (unpaired) electrons. The molecule has 0 bridgehead atoms. The van der Waals surface area contributed by atoms with Gasteiger partial charge in [0.1, 0.15) is 0 Å². The highest BCUT2D eigenvalue weighted by atomic mass is 35.5. The third-order valence-corrected chi connectivity index (χ3v) is 4.99. The van der Waals surface area contributed by atoms with Gasteiger partial charge in [-0.15, -0.1) is 0 Å². The van der Waals surface area contributed by atoms with Crippen molar-refractivity contribution in [3.63, 3.8) is 0 Å². The van der Waals surface area contributed by atoms with Gasteiger partial charge in [-0.2, -0.15) is 0 Å². The van der Waals surface area contributed by atoms with Crippen molar-refractivity contribution < 1.29 is 2.74 Å². The van der Waals surface area contributed by atoms with Crippen molar-refractivity contribution in [3.05, 3.63) is 71.7 Å². The topological polar surface area (TPSA) is 0 Å². The fourth-order valence-electron chi connectivity index (χ4n) is 1.42. The Kier molecular flexibility index (Phi) is 4.10. The molecule has 0 N–H and O–H groups in total. The average Bonchev–Trinajstić information content (AvgIpc) is 2.38. The van der Waals surface area contributed by atoms with Gasteiger partial charge in [0.25, 0.3) is 0 Å². The minimum Gasteiger partial charge on any atom is -0.0839 e. The first-order valence-corrected chi connectivity index (χ1v) is 7.65. The largest absolute Gasteiger partial charge is 0.191 e. The van der Waals surface area contributed by atoms with Crippen LogP contribution in [0.25, 0.3) is 0 Å². The van der Waals surface area contributed by atoms with Crippen LogP contribution in [0.5, 0.6) is 0 Å². The molecule has 2 aromatic carbocycles. The van der Waals surface area contributed by atoms with E-state index >= 15 is 0 Å². The monoisotopic (exact) mass is 352 g/mol. The number of halogens is 4. The van der Waals surface area contributed by atoms with E-state index in [1.165, 1.54) is 0 Å². The van der Waals surface area contributed by atoms with Crippen molar-refractivity contribution >= 4 is 58.2 Å².